The first kappa shape index (κ1) is 14.7. The molecular weight excluding hydrogens is 276 g/mol. The topological polar surface area (TPSA) is 20.2 Å². The van der Waals surface area contributed by atoms with Crippen molar-refractivity contribution < 1.29 is 5.11 Å². The van der Waals surface area contributed by atoms with Crippen LogP contribution >= 0.6 is 15.9 Å². The van der Waals surface area contributed by atoms with Gasteiger partial charge in [0.15, 0.2) is 0 Å². The van der Waals surface area contributed by atoms with E-state index in [0.717, 1.165) is 28.8 Å². The molecule has 0 bridgehead atoms. The molecule has 1 atom stereocenters. The molecule has 1 aromatic rings. The van der Waals surface area contributed by atoms with Gasteiger partial charge in [0.25, 0.3) is 0 Å². The summed E-state index contributed by atoms with van der Waals surface area (Å²) in [6.45, 7) is 8.59. The molecule has 0 aliphatic heterocycles. The van der Waals surface area contributed by atoms with Crippen molar-refractivity contribution in [1.82, 2.24) is 0 Å². The van der Waals surface area contributed by atoms with Crippen molar-refractivity contribution in [2.45, 2.75) is 53.1 Å². The molecular formula is C15H23BrO. The molecule has 0 saturated heterocycles. The Hall–Kier alpha value is -0.340. The van der Waals surface area contributed by atoms with Gasteiger partial charge in [-0.3, -0.25) is 0 Å². The summed E-state index contributed by atoms with van der Waals surface area (Å²) in [5.41, 5.74) is 3.44. The summed E-state index contributed by atoms with van der Waals surface area (Å²) in [5, 5.41) is 10.2. The van der Waals surface area contributed by atoms with Gasteiger partial charge in [0.05, 0.1) is 6.10 Å². The average Bonchev–Trinajstić information content (AvgIpc) is 2.24. The fourth-order valence-electron chi connectivity index (χ4n) is 2.06. The largest absolute Gasteiger partial charge is 0.388 e. The van der Waals surface area contributed by atoms with Gasteiger partial charge in [0.2, 0.25) is 0 Å². The number of aryl methyl sites for hydroxylation is 2. The third-order valence-corrected chi connectivity index (χ3v) is 4.35. The molecule has 1 N–H and O–H groups in total. The van der Waals surface area contributed by atoms with E-state index in [9.17, 15) is 5.11 Å². The Morgan fingerprint density at radius 1 is 1.12 bits per heavy atom. The minimum absolute atomic E-state index is 0.320. The third kappa shape index (κ3) is 4.44. The van der Waals surface area contributed by atoms with Crippen molar-refractivity contribution in [3.8, 4) is 0 Å². The second kappa shape index (κ2) is 6.55. The highest BCUT2D eigenvalue weighted by atomic mass is 79.9. The van der Waals surface area contributed by atoms with E-state index in [1.165, 1.54) is 17.5 Å². The standard InChI is InChI=1S/C15H23BrO/c1-10(2)6-5-7-14(17)13-8-11(3)15(16)12(4)9-13/h8-10,14,17H,5-7H2,1-4H3. The lowest BCUT2D eigenvalue weighted by atomic mass is 9.97. The molecule has 0 aliphatic rings. The zero-order valence-corrected chi connectivity index (χ0v) is 12.8. The SMILES string of the molecule is Cc1cc(C(O)CCCC(C)C)cc(C)c1Br. The summed E-state index contributed by atoms with van der Waals surface area (Å²) in [7, 11) is 0. The smallest absolute Gasteiger partial charge is 0.0790 e. The summed E-state index contributed by atoms with van der Waals surface area (Å²) >= 11 is 3.55. The summed E-state index contributed by atoms with van der Waals surface area (Å²) in [5.74, 6) is 0.718. The van der Waals surface area contributed by atoms with E-state index in [4.69, 9.17) is 0 Å². The lowest BCUT2D eigenvalue weighted by molar-refractivity contribution is 0.162. The van der Waals surface area contributed by atoms with E-state index in [1.54, 1.807) is 0 Å². The molecule has 0 fully saturated rings. The Labute approximate surface area is 113 Å². The van der Waals surface area contributed by atoms with Gasteiger partial charge in [-0.1, -0.05) is 54.8 Å². The predicted octanol–water partition coefficient (Wildman–Crippen LogP) is 4.93. The van der Waals surface area contributed by atoms with Crippen LogP contribution in [0.15, 0.2) is 16.6 Å². The maximum Gasteiger partial charge on any atom is 0.0790 e. The first-order valence-electron chi connectivity index (χ1n) is 6.36. The van der Waals surface area contributed by atoms with Crippen LogP contribution in [-0.2, 0) is 0 Å². The van der Waals surface area contributed by atoms with Crippen molar-refractivity contribution in [1.29, 1.82) is 0 Å². The number of aliphatic hydroxyl groups excluding tert-OH is 1. The van der Waals surface area contributed by atoms with E-state index >= 15 is 0 Å². The number of halogens is 1. The van der Waals surface area contributed by atoms with Crippen LogP contribution in [0, 0.1) is 19.8 Å². The fourth-order valence-corrected chi connectivity index (χ4v) is 2.29. The Bertz CT molecular complexity index is 348. The van der Waals surface area contributed by atoms with Gasteiger partial charge in [-0.2, -0.15) is 0 Å². The zero-order chi connectivity index (χ0) is 13.0. The van der Waals surface area contributed by atoms with Crippen LogP contribution in [-0.4, -0.2) is 5.11 Å². The second-order valence-electron chi connectivity index (χ2n) is 5.31. The summed E-state index contributed by atoms with van der Waals surface area (Å²) in [6, 6.07) is 4.16. The second-order valence-corrected chi connectivity index (χ2v) is 6.10. The van der Waals surface area contributed by atoms with Crippen molar-refractivity contribution in [2.75, 3.05) is 0 Å². The molecule has 0 aliphatic carbocycles. The number of rotatable bonds is 5. The summed E-state index contributed by atoms with van der Waals surface area (Å²) < 4.78 is 1.15. The minimum atomic E-state index is -0.320. The minimum Gasteiger partial charge on any atom is -0.388 e. The monoisotopic (exact) mass is 298 g/mol. The maximum atomic E-state index is 10.2. The Kier molecular flexibility index (Phi) is 5.68. The van der Waals surface area contributed by atoms with Crippen molar-refractivity contribution >= 4 is 15.9 Å². The van der Waals surface area contributed by atoms with Crippen molar-refractivity contribution in [2.24, 2.45) is 5.92 Å². The normalized spacial score (nSPS) is 13.1. The Balaban J connectivity index is 2.66. The van der Waals surface area contributed by atoms with E-state index < -0.39 is 0 Å². The number of benzene rings is 1. The van der Waals surface area contributed by atoms with Gasteiger partial charge in [-0.25, -0.2) is 0 Å². The molecule has 0 amide bonds. The number of hydrogen-bond acceptors (Lipinski definition) is 1. The van der Waals surface area contributed by atoms with Gasteiger partial charge in [0, 0.05) is 4.47 Å². The van der Waals surface area contributed by atoms with Crippen LogP contribution in [0.3, 0.4) is 0 Å². The maximum absolute atomic E-state index is 10.2. The van der Waals surface area contributed by atoms with E-state index in [0.29, 0.717) is 0 Å². The van der Waals surface area contributed by atoms with Crippen LogP contribution in [0.4, 0.5) is 0 Å². The Morgan fingerprint density at radius 2 is 1.65 bits per heavy atom. The quantitative estimate of drug-likeness (QED) is 0.817. The van der Waals surface area contributed by atoms with Crippen LogP contribution in [0.25, 0.3) is 0 Å². The van der Waals surface area contributed by atoms with Crippen LogP contribution in [0.5, 0.6) is 0 Å². The van der Waals surface area contributed by atoms with Gasteiger partial charge in [0.1, 0.15) is 0 Å². The molecule has 1 nitrogen and oxygen atoms in total. The zero-order valence-electron chi connectivity index (χ0n) is 11.3. The lowest BCUT2D eigenvalue weighted by Gasteiger charge is -2.14. The molecule has 1 unspecified atom stereocenters. The first-order valence-corrected chi connectivity index (χ1v) is 7.15. The molecule has 17 heavy (non-hydrogen) atoms. The van der Waals surface area contributed by atoms with Gasteiger partial charge in [-0.05, 0) is 42.9 Å². The molecule has 1 rings (SSSR count). The number of hydrogen-bond donors (Lipinski definition) is 1. The van der Waals surface area contributed by atoms with E-state index in [2.05, 4.69) is 55.8 Å². The Morgan fingerprint density at radius 3 is 2.12 bits per heavy atom. The van der Waals surface area contributed by atoms with Crippen LogP contribution in [0.1, 0.15) is 55.9 Å². The molecule has 2 heteroatoms. The highest BCUT2D eigenvalue weighted by molar-refractivity contribution is 9.10. The van der Waals surface area contributed by atoms with Crippen LogP contribution in [0.2, 0.25) is 0 Å². The highest BCUT2D eigenvalue weighted by Gasteiger charge is 2.10. The van der Waals surface area contributed by atoms with Crippen molar-refractivity contribution in [3.05, 3.63) is 33.3 Å². The molecule has 0 heterocycles. The summed E-state index contributed by atoms with van der Waals surface area (Å²) in [6.07, 6.45) is 2.82. The average molecular weight is 299 g/mol. The van der Waals surface area contributed by atoms with Gasteiger partial charge in [-0.15, -0.1) is 0 Å². The molecule has 0 radical (unpaired) electrons. The van der Waals surface area contributed by atoms with E-state index in [-0.39, 0.29) is 6.10 Å². The fraction of sp³-hybridized carbons (Fsp3) is 0.600. The molecule has 0 spiro atoms. The molecule has 96 valence electrons. The molecule has 0 saturated carbocycles. The third-order valence-electron chi connectivity index (χ3n) is 3.10. The van der Waals surface area contributed by atoms with Crippen molar-refractivity contribution in [3.63, 3.8) is 0 Å². The predicted molar refractivity (Wildman–Crippen MR) is 77.3 cm³/mol. The summed E-state index contributed by atoms with van der Waals surface area (Å²) in [4.78, 5) is 0. The van der Waals surface area contributed by atoms with Gasteiger partial charge >= 0.3 is 0 Å². The highest BCUT2D eigenvalue weighted by Crippen LogP contribution is 2.28. The first-order chi connectivity index (χ1) is 7.91. The molecule has 1 aromatic carbocycles. The van der Waals surface area contributed by atoms with Gasteiger partial charge < -0.3 is 5.11 Å². The molecule has 0 aromatic heterocycles. The van der Waals surface area contributed by atoms with Crippen LogP contribution < -0.4 is 0 Å². The van der Waals surface area contributed by atoms with E-state index in [1.807, 2.05) is 0 Å². The lowest BCUT2D eigenvalue weighted by Crippen LogP contribution is -2.00. The number of aliphatic hydroxyl groups is 1.